The largest absolute Gasteiger partial charge is 0.369 e. The van der Waals surface area contributed by atoms with Crippen LogP contribution in [0.5, 0.6) is 0 Å². The number of nitrogens with two attached hydrogens (primary N) is 1. The molecule has 4 nitrogen and oxygen atoms in total. The first-order chi connectivity index (χ1) is 8.56. The minimum absolute atomic E-state index is 0.309. The van der Waals surface area contributed by atoms with Crippen molar-refractivity contribution in [1.29, 1.82) is 0 Å². The van der Waals surface area contributed by atoms with Crippen molar-refractivity contribution < 1.29 is 0 Å². The van der Waals surface area contributed by atoms with Crippen molar-refractivity contribution >= 4 is 38.6 Å². The van der Waals surface area contributed by atoms with E-state index in [0.717, 1.165) is 27.7 Å². The van der Waals surface area contributed by atoms with Crippen LogP contribution in [0.2, 0.25) is 0 Å². The van der Waals surface area contributed by atoms with Crippen molar-refractivity contribution in [2.24, 2.45) is 5.41 Å². The Morgan fingerprint density at radius 1 is 1.39 bits per heavy atom. The molecule has 0 amide bonds. The molecule has 1 aromatic carbocycles. The topological polar surface area (TPSA) is 63.8 Å². The van der Waals surface area contributed by atoms with Gasteiger partial charge in [0.25, 0.3) is 0 Å². The zero-order valence-electron chi connectivity index (χ0n) is 10.2. The van der Waals surface area contributed by atoms with Crippen LogP contribution in [0.4, 0.5) is 11.8 Å². The summed E-state index contributed by atoms with van der Waals surface area (Å²) < 4.78 is 0.994. The Bertz CT molecular complexity index is 602. The molecule has 0 bridgehead atoms. The minimum Gasteiger partial charge on any atom is -0.369 e. The smallest absolute Gasteiger partial charge is 0.222 e. The number of hydrogen-bond donors (Lipinski definition) is 2. The highest BCUT2D eigenvalue weighted by molar-refractivity contribution is 9.10. The molecule has 94 valence electrons. The molecular weight excluding hydrogens is 292 g/mol. The van der Waals surface area contributed by atoms with Crippen LogP contribution in [0.25, 0.3) is 10.9 Å². The predicted molar refractivity (Wildman–Crippen MR) is 77.5 cm³/mol. The van der Waals surface area contributed by atoms with Gasteiger partial charge in [-0.25, -0.2) is 4.98 Å². The van der Waals surface area contributed by atoms with E-state index in [2.05, 4.69) is 38.1 Å². The Kier molecular flexibility index (Phi) is 2.66. The van der Waals surface area contributed by atoms with Gasteiger partial charge in [0.05, 0.1) is 5.52 Å². The van der Waals surface area contributed by atoms with E-state index in [0.29, 0.717) is 11.4 Å². The number of anilines is 2. The van der Waals surface area contributed by atoms with E-state index in [1.54, 1.807) is 0 Å². The molecule has 0 radical (unpaired) electrons. The normalized spacial score (nSPS) is 16.8. The van der Waals surface area contributed by atoms with Gasteiger partial charge in [-0.3, -0.25) is 0 Å². The lowest BCUT2D eigenvalue weighted by Crippen LogP contribution is -2.13. The summed E-state index contributed by atoms with van der Waals surface area (Å²) in [4.78, 5) is 8.56. The van der Waals surface area contributed by atoms with Crippen molar-refractivity contribution in [1.82, 2.24) is 9.97 Å². The molecule has 0 aliphatic heterocycles. The fourth-order valence-corrected chi connectivity index (χ4v) is 2.29. The lowest BCUT2D eigenvalue weighted by atomic mass is 10.1. The Balaban J connectivity index is 1.98. The standard InChI is InChI=1S/C13H15BrN4/c1-13(4-5-13)7-16-11-9-3-2-8(14)6-10(9)17-12(15)18-11/h2-3,6H,4-5,7H2,1H3,(H3,15,16,17,18). The Hall–Kier alpha value is -1.36. The molecule has 3 rings (SSSR count). The first-order valence-corrected chi connectivity index (χ1v) is 6.82. The molecule has 0 unspecified atom stereocenters. The second-order valence-corrected chi connectivity index (χ2v) is 6.17. The Morgan fingerprint density at radius 3 is 2.89 bits per heavy atom. The second kappa shape index (κ2) is 4.09. The lowest BCUT2D eigenvalue weighted by molar-refractivity contribution is 0.610. The van der Waals surface area contributed by atoms with Crippen LogP contribution in [0.1, 0.15) is 19.8 Å². The molecule has 0 atom stereocenters. The molecule has 2 aromatic rings. The van der Waals surface area contributed by atoms with Crippen LogP contribution >= 0.6 is 15.9 Å². The van der Waals surface area contributed by atoms with Gasteiger partial charge in [-0.1, -0.05) is 22.9 Å². The van der Waals surface area contributed by atoms with E-state index in [9.17, 15) is 0 Å². The van der Waals surface area contributed by atoms with Crippen molar-refractivity contribution in [3.63, 3.8) is 0 Å². The van der Waals surface area contributed by atoms with Gasteiger partial charge >= 0.3 is 0 Å². The van der Waals surface area contributed by atoms with Crippen LogP contribution in [0.3, 0.4) is 0 Å². The van der Waals surface area contributed by atoms with Crippen LogP contribution in [0.15, 0.2) is 22.7 Å². The highest BCUT2D eigenvalue weighted by Crippen LogP contribution is 2.44. The second-order valence-electron chi connectivity index (χ2n) is 5.26. The molecule has 1 fully saturated rings. The lowest BCUT2D eigenvalue weighted by Gasteiger charge is -2.13. The number of hydrogen-bond acceptors (Lipinski definition) is 4. The summed E-state index contributed by atoms with van der Waals surface area (Å²) in [6.45, 7) is 3.22. The SMILES string of the molecule is CC1(CNc2nc(N)nc3cc(Br)ccc23)CC1. The van der Waals surface area contributed by atoms with E-state index in [1.165, 1.54) is 12.8 Å². The van der Waals surface area contributed by atoms with Crippen molar-refractivity contribution in [2.75, 3.05) is 17.6 Å². The highest BCUT2D eigenvalue weighted by Gasteiger charge is 2.36. The first kappa shape index (κ1) is 11.7. The molecule has 1 aliphatic rings. The quantitative estimate of drug-likeness (QED) is 0.914. The number of aromatic nitrogens is 2. The van der Waals surface area contributed by atoms with Gasteiger partial charge in [0.15, 0.2) is 0 Å². The predicted octanol–water partition coefficient (Wildman–Crippen LogP) is 3.19. The highest BCUT2D eigenvalue weighted by atomic mass is 79.9. The molecule has 18 heavy (non-hydrogen) atoms. The molecule has 3 N–H and O–H groups in total. The van der Waals surface area contributed by atoms with Crippen molar-refractivity contribution in [2.45, 2.75) is 19.8 Å². The Labute approximate surface area is 114 Å². The van der Waals surface area contributed by atoms with Gasteiger partial charge in [0.2, 0.25) is 5.95 Å². The third-order valence-corrected chi connectivity index (χ3v) is 3.96. The van der Waals surface area contributed by atoms with Gasteiger partial charge in [0.1, 0.15) is 5.82 Å². The molecule has 1 aromatic heterocycles. The van der Waals surface area contributed by atoms with Crippen molar-refractivity contribution in [3.8, 4) is 0 Å². The third-order valence-electron chi connectivity index (χ3n) is 3.46. The molecule has 1 aliphatic carbocycles. The molecule has 0 spiro atoms. The molecular formula is C13H15BrN4. The summed E-state index contributed by atoms with van der Waals surface area (Å²) in [7, 11) is 0. The van der Waals surface area contributed by atoms with Gasteiger partial charge < -0.3 is 11.1 Å². The molecule has 1 saturated carbocycles. The number of nitrogens with one attached hydrogen (secondary N) is 1. The van der Waals surface area contributed by atoms with E-state index in [-0.39, 0.29) is 0 Å². The maximum absolute atomic E-state index is 5.75. The monoisotopic (exact) mass is 306 g/mol. The first-order valence-electron chi connectivity index (χ1n) is 6.02. The summed E-state index contributed by atoms with van der Waals surface area (Å²) in [6, 6.07) is 5.96. The van der Waals surface area contributed by atoms with Crippen LogP contribution in [-0.2, 0) is 0 Å². The third kappa shape index (κ3) is 2.27. The van der Waals surface area contributed by atoms with Gasteiger partial charge in [-0.15, -0.1) is 0 Å². The van der Waals surface area contributed by atoms with Crippen LogP contribution in [-0.4, -0.2) is 16.5 Å². The maximum Gasteiger partial charge on any atom is 0.222 e. The molecule has 0 saturated heterocycles. The molecule has 5 heteroatoms. The maximum atomic E-state index is 5.75. The fourth-order valence-electron chi connectivity index (χ4n) is 1.94. The van der Waals surface area contributed by atoms with Gasteiger partial charge in [0, 0.05) is 16.4 Å². The number of nitrogens with zero attached hydrogens (tertiary/aromatic N) is 2. The van der Waals surface area contributed by atoms with E-state index in [4.69, 9.17) is 5.73 Å². The minimum atomic E-state index is 0.309. The summed E-state index contributed by atoms with van der Waals surface area (Å²) in [6.07, 6.45) is 2.56. The van der Waals surface area contributed by atoms with E-state index < -0.39 is 0 Å². The van der Waals surface area contributed by atoms with Gasteiger partial charge in [-0.2, -0.15) is 4.98 Å². The van der Waals surface area contributed by atoms with Crippen LogP contribution < -0.4 is 11.1 Å². The van der Waals surface area contributed by atoms with Crippen LogP contribution in [0, 0.1) is 5.41 Å². The van der Waals surface area contributed by atoms with Gasteiger partial charge in [-0.05, 0) is 36.5 Å². The number of benzene rings is 1. The summed E-state index contributed by atoms with van der Waals surface area (Å²) >= 11 is 3.44. The fraction of sp³-hybridized carbons (Fsp3) is 0.385. The summed E-state index contributed by atoms with van der Waals surface area (Å²) in [5.74, 6) is 1.14. The summed E-state index contributed by atoms with van der Waals surface area (Å²) in [5, 5.41) is 4.41. The Morgan fingerprint density at radius 2 is 2.17 bits per heavy atom. The zero-order valence-corrected chi connectivity index (χ0v) is 11.8. The average molecular weight is 307 g/mol. The summed E-state index contributed by atoms with van der Waals surface area (Å²) in [5.41, 5.74) is 7.05. The number of rotatable bonds is 3. The number of halogens is 1. The molecule has 1 heterocycles. The van der Waals surface area contributed by atoms with E-state index >= 15 is 0 Å². The van der Waals surface area contributed by atoms with E-state index in [1.807, 2.05) is 18.2 Å². The number of nitrogen functional groups attached to an aromatic ring is 1. The zero-order chi connectivity index (χ0) is 12.8. The van der Waals surface area contributed by atoms with Crippen molar-refractivity contribution in [3.05, 3.63) is 22.7 Å². The average Bonchev–Trinajstić information content (AvgIpc) is 3.04. The number of fused-ring (bicyclic) bond motifs is 1.